The summed E-state index contributed by atoms with van der Waals surface area (Å²) in [5.41, 5.74) is 0.310. The van der Waals surface area contributed by atoms with Crippen LogP contribution in [0.15, 0.2) is 22.7 Å². The van der Waals surface area contributed by atoms with E-state index in [0.29, 0.717) is 69.0 Å². The standard InChI is InChI=1S/C32H47FN6O5/c1-24(34-29(40)10-14-38-17-20-42-21-18-38)32(41)39-13-4-11-37(15-16-39)12-5-19-43-26-8-9-27(28(33)23-26)31-35-30(44-36-31)22-25-6-2-3-7-25/h8-9,23-25H,2-7,10-22H2,1H3,(H,34,40)/t24-/m1/s1. The van der Waals surface area contributed by atoms with Gasteiger partial charge in [-0.2, -0.15) is 4.98 Å². The molecule has 3 aliphatic rings. The van der Waals surface area contributed by atoms with Crippen molar-refractivity contribution in [3.63, 3.8) is 0 Å². The van der Waals surface area contributed by atoms with Gasteiger partial charge in [0.1, 0.15) is 17.6 Å². The maximum absolute atomic E-state index is 14.9. The number of rotatable bonds is 13. The number of carbonyl (C=O) groups excluding carboxylic acids is 2. The van der Waals surface area contributed by atoms with Crippen molar-refractivity contribution in [2.24, 2.45) is 5.92 Å². The molecule has 1 atom stereocenters. The Balaban J connectivity index is 0.985. The molecule has 2 saturated heterocycles. The lowest BCUT2D eigenvalue weighted by Crippen LogP contribution is -2.48. The second-order valence-electron chi connectivity index (χ2n) is 12.2. The Morgan fingerprint density at radius 1 is 1.05 bits per heavy atom. The van der Waals surface area contributed by atoms with Crippen molar-refractivity contribution >= 4 is 11.8 Å². The number of amides is 2. The van der Waals surface area contributed by atoms with E-state index < -0.39 is 11.9 Å². The van der Waals surface area contributed by atoms with Crippen LogP contribution in [0.2, 0.25) is 0 Å². The molecule has 0 radical (unpaired) electrons. The van der Waals surface area contributed by atoms with Crippen LogP contribution in [0.4, 0.5) is 4.39 Å². The number of nitrogens with one attached hydrogen (secondary N) is 1. The molecule has 2 aliphatic heterocycles. The molecule has 5 rings (SSSR count). The minimum absolute atomic E-state index is 0.0359. The van der Waals surface area contributed by atoms with Crippen LogP contribution in [0.25, 0.3) is 11.4 Å². The molecule has 1 saturated carbocycles. The van der Waals surface area contributed by atoms with E-state index in [1.165, 1.54) is 31.7 Å². The van der Waals surface area contributed by atoms with Crippen LogP contribution >= 0.6 is 0 Å². The molecule has 3 fully saturated rings. The smallest absolute Gasteiger partial charge is 0.244 e. The van der Waals surface area contributed by atoms with Crippen molar-refractivity contribution in [1.29, 1.82) is 0 Å². The van der Waals surface area contributed by atoms with Crippen molar-refractivity contribution in [2.75, 3.05) is 72.2 Å². The summed E-state index contributed by atoms with van der Waals surface area (Å²) < 4.78 is 31.4. The Hall–Kier alpha value is -3.09. The van der Waals surface area contributed by atoms with E-state index in [1.54, 1.807) is 19.1 Å². The summed E-state index contributed by atoms with van der Waals surface area (Å²) in [7, 11) is 0. The summed E-state index contributed by atoms with van der Waals surface area (Å²) in [5.74, 6) is 1.33. The third-order valence-electron chi connectivity index (χ3n) is 8.88. The first-order chi connectivity index (χ1) is 21.4. The number of hydrogen-bond donors (Lipinski definition) is 1. The average Bonchev–Trinajstić information content (AvgIpc) is 3.66. The predicted molar refractivity (Wildman–Crippen MR) is 163 cm³/mol. The monoisotopic (exact) mass is 614 g/mol. The third kappa shape index (κ3) is 9.45. The first-order valence-electron chi connectivity index (χ1n) is 16.3. The van der Waals surface area contributed by atoms with E-state index in [4.69, 9.17) is 14.0 Å². The number of aromatic nitrogens is 2. The Kier molecular flexibility index (Phi) is 12.0. The van der Waals surface area contributed by atoms with Gasteiger partial charge in [0.15, 0.2) is 0 Å². The predicted octanol–water partition coefficient (Wildman–Crippen LogP) is 3.14. The van der Waals surface area contributed by atoms with E-state index in [9.17, 15) is 14.0 Å². The minimum atomic E-state index is -0.544. The van der Waals surface area contributed by atoms with E-state index in [-0.39, 0.29) is 17.6 Å². The molecule has 2 amide bonds. The highest BCUT2D eigenvalue weighted by Crippen LogP contribution is 2.29. The molecule has 11 nitrogen and oxygen atoms in total. The first-order valence-corrected chi connectivity index (χ1v) is 16.3. The van der Waals surface area contributed by atoms with Crippen LogP contribution < -0.4 is 10.1 Å². The molecule has 1 aromatic carbocycles. The number of halogens is 1. The largest absolute Gasteiger partial charge is 0.493 e. The number of nitrogens with zero attached hydrogens (tertiary/aromatic N) is 5. The van der Waals surface area contributed by atoms with E-state index in [2.05, 4.69) is 25.3 Å². The number of benzene rings is 1. The number of carbonyl (C=O) groups is 2. The SMILES string of the molecule is C[C@@H](NC(=O)CCN1CCOCC1)C(=O)N1CCCN(CCCOc2ccc(-c3noc(CC4CCCC4)n3)c(F)c2)CC1. The van der Waals surface area contributed by atoms with Crippen LogP contribution in [-0.4, -0.2) is 115 Å². The molecule has 44 heavy (non-hydrogen) atoms. The highest BCUT2D eigenvalue weighted by Gasteiger charge is 2.25. The molecule has 0 bridgehead atoms. The van der Waals surface area contributed by atoms with Crippen LogP contribution in [0.1, 0.15) is 57.8 Å². The summed E-state index contributed by atoms with van der Waals surface area (Å²) in [4.78, 5) is 36.3. The van der Waals surface area contributed by atoms with Gasteiger partial charge in [-0.3, -0.25) is 14.5 Å². The molecule has 2 aromatic rings. The molecule has 3 heterocycles. The fourth-order valence-corrected chi connectivity index (χ4v) is 6.30. The average molecular weight is 615 g/mol. The minimum Gasteiger partial charge on any atom is -0.493 e. The van der Waals surface area contributed by atoms with Gasteiger partial charge in [-0.1, -0.05) is 18.0 Å². The molecule has 1 aliphatic carbocycles. The van der Waals surface area contributed by atoms with E-state index in [0.717, 1.165) is 52.0 Å². The van der Waals surface area contributed by atoms with Gasteiger partial charge in [0.25, 0.3) is 0 Å². The summed E-state index contributed by atoms with van der Waals surface area (Å²) in [6.07, 6.45) is 7.65. The molecular weight excluding hydrogens is 567 g/mol. The van der Waals surface area contributed by atoms with E-state index >= 15 is 0 Å². The fourth-order valence-electron chi connectivity index (χ4n) is 6.30. The summed E-state index contributed by atoms with van der Waals surface area (Å²) in [6, 6.07) is 4.21. The highest BCUT2D eigenvalue weighted by molar-refractivity contribution is 5.87. The molecule has 0 unspecified atom stereocenters. The first kappa shape index (κ1) is 32.3. The third-order valence-corrected chi connectivity index (χ3v) is 8.88. The van der Waals surface area contributed by atoms with Crippen molar-refractivity contribution < 1.29 is 28.0 Å². The van der Waals surface area contributed by atoms with Crippen molar-refractivity contribution in [3.8, 4) is 17.1 Å². The maximum atomic E-state index is 14.9. The van der Waals surface area contributed by atoms with E-state index in [1.807, 2.05) is 4.90 Å². The molecular formula is C32H47FN6O5. The molecule has 242 valence electrons. The Morgan fingerprint density at radius 2 is 1.84 bits per heavy atom. The normalized spacial score (nSPS) is 19.5. The van der Waals surface area contributed by atoms with Gasteiger partial charge in [-0.25, -0.2) is 4.39 Å². The summed E-state index contributed by atoms with van der Waals surface area (Å²) in [5, 5.41) is 6.87. The number of ether oxygens (including phenoxy) is 2. The Morgan fingerprint density at radius 3 is 2.64 bits per heavy atom. The topological polar surface area (TPSA) is 113 Å². The van der Waals surface area contributed by atoms with Crippen molar-refractivity contribution in [3.05, 3.63) is 29.9 Å². The van der Waals surface area contributed by atoms with Gasteiger partial charge < -0.3 is 29.1 Å². The second-order valence-corrected chi connectivity index (χ2v) is 12.2. The van der Waals surface area contributed by atoms with Crippen LogP contribution in [-0.2, 0) is 20.7 Å². The molecule has 12 heteroatoms. The molecule has 1 N–H and O–H groups in total. The summed E-state index contributed by atoms with van der Waals surface area (Å²) >= 11 is 0. The quantitative estimate of drug-likeness (QED) is 0.340. The van der Waals surface area contributed by atoms with Gasteiger partial charge in [-0.15, -0.1) is 0 Å². The van der Waals surface area contributed by atoms with Crippen molar-refractivity contribution in [1.82, 2.24) is 30.2 Å². The zero-order valence-corrected chi connectivity index (χ0v) is 26.0. The molecule has 0 spiro atoms. The fraction of sp³-hybridized carbons (Fsp3) is 0.688. The maximum Gasteiger partial charge on any atom is 0.244 e. The zero-order chi connectivity index (χ0) is 30.7. The molecule has 1 aromatic heterocycles. The van der Waals surface area contributed by atoms with Crippen LogP contribution in [0.5, 0.6) is 5.75 Å². The zero-order valence-electron chi connectivity index (χ0n) is 26.0. The van der Waals surface area contributed by atoms with Crippen LogP contribution in [0.3, 0.4) is 0 Å². The summed E-state index contributed by atoms with van der Waals surface area (Å²) in [6.45, 7) is 9.76. The lowest BCUT2D eigenvalue weighted by molar-refractivity contribution is -0.136. The highest BCUT2D eigenvalue weighted by atomic mass is 19.1. The Labute approximate surface area is 259 Å². The number of hydrogen-bond acceptors (Lipinski definition) is 9. The van der Waals surface area contributed by atoms with Crippen molar-refractivity contribution in [2.45, 2.75) is 64.3 Å². The van der Waals surface area contributed by atoms with Gasteiger partial charge in [0, 0.05) is 64.7 Å². The second kappa shape index (κ2) is 16.3. The lowest BCUT2D eigenvalue weighted by atomic mass is 10.0. The number of morpholine rings is 1. The van der Waals surface area contributed by atoms with Crippen LogP contribution in [0, 0.1) is 11.7 Å². The van der Waals surface area contributed by atoms with Gasteiger partial charge in [0.05, 0.1) is 25.4 Å². The van der Waals surface area contributed by atoms with Gasteiger partial charge in [-0.05, 0) is 57.2 Å². The van der Waals surface area contributed by atoms with Gasteiger partial charge in [0.2, 0.25) is 23.5 Å². The Bertz CT molecular complexity index is 1220. The lowest BCUT2D eigenvalue weighted by Gasteiger charge is -2.27. The van der Waals surface area contributed by atoms with Gasteiger partial charge >= 0.3 is 0 Å².